The van der Waals surface area contributed by atoms with Crippen LogP contribution < -0.4 is 0 Å². The summed E-state index contributed by atoms with van der Waals surface area (Å²) in [4.78, 5) is 25.1. The number of rotatable bonds is 3. The topological polar surface area (TPSA) is 43.4 Å². The second kappa shape index (κ2) is 5.84. The first-order valence-electron chi connectivity index (χ1n) is 7.58. The molecule has 0 spiro atoms. The number of cyclic esters (lactones) is 1. The number of carbonyl (C=O) groups excluding carboxylic acids is 2. The van der Waals surface area contributed by atoms with E-state index in [1.54, 1.807) is 24.3 Å². The Morgan fingerprint density at radius 1 is 1.00 bits per heavy atom. The van der Waals surface area contributed by atoms with E-state index in [0.717, 1.165) is 5.56 Å². The molecule has 0 aliphatic carbocycles. The van der Waals surface area contributed by atoms with Crippen molar-refractivity contribution in [2.75, 3.05) is 0 Å². The van der Waals surface area contributed by atoms with E-state index in [0.29, 0.717) is 11.3 Å². The second-order valence-electron chi connectivity index (χ2n) is 6.23. The van der Waals surface area contributed by atoms with Gasteiger partial charge in [0.2, 0.25) is 0 Å². The molecule has 1 aliphatic heterocycles. The van der Waals surface area contributed by atoms with Crippen molar-refractivity contribution in [3.63, 3.8) is 0 Å². The molecule has 116 valence electrons. The van der Waals surface area contributed by atoms with Gasteiger partial charge in [-0.2, -0.15) is 0 Å². The first-order chi connectivity index (χ1) is 11.0. The summed E-state index contributed by atoms with van der Waals surface area (Å²) in [6.45, 7) is 3.75. The first kappa shape index (κ1) is 15.2. The molecule has 1 saturated heterocycles. The molecule has 0 bridgehead atoms. The summed E-state index contributed by atoms with van der Waals surface area (Å²) in [6.07, 6.45) is 1.83. The third-order valence-electron chi connectivity index (χ3n) is 4.22. The Morgan fingerprint density at radius 2 is 1.57 bits per heavy atom. The number of benzene rings is 2. The minimum atomic E-state index is -0.820. The van der Waals surface area contributed by atoms with Crippen LogP contribution in [0.15, 0.2) is 66.4 Å². The van der Waals surface area contributed by atoms with Gasteiger partial charge in [-0.1, -0.05) is 74.5 Å². The van der Waals surface area contributed by atoms with E-state index >= 15 is 0 Å². The van der Waals surface area contributed by atoms with Gasteiger partial charge < -0.3 is 4.74 Å². The van der Waals surface area contributed by atoms with Gasteiger partial charge in [0.25, 0.3) is 0 Å². The summed E-state index contributed by atoms with van der Waals surface area (Å²) in [5.74, 6) is -0.967. The quantitative estimate of drug-likeness (QED) is 0.487. The third kappa shape index (κ3) is 2.82. The molecule has 0 saturated carbocycles. The lowest BCUT2D eigenvalue weighted by atomic mass is 9.75. The van der Waals surface area contributed by atoms with Gasteiger partial charge in [0.15, 0.2) is 5.78 Å². The predicted molar refractivity (Wildman–Crippen MR) is 88.6 cm³/mol. The molecule has 1 aliphatic rings. The molecular weight excluding hydrogens is 288 g/mol. The SMILES string of the molecule is CC1(C)/C(=C/c2ccccc2)OC(=O)C1C(=O)c1ccccc1. The lowest BCUT2D eigenvalue weighted by Crippen LogP contribution is -2.31. The van der Waals surface area contributed by atoms with Crippen molar-refractivity contribution in [1.82, 2.24) is 0 Å². The second-order valence-corrected chi connectivity index (χ2v) is 6.23. The molecule has 2 aromatic carbocycles. The monoisotopic (exact) mass is 306 g/mol. The number of carbonyl (C=O) groups is 2. The zero-order chi connectivity index (χ0) is 16.4. The Balaban J connectivity index is 1.96. The normalized spacial score (nSPS) is 21.2. The van der Waals surface area contributed by atoms with Crippen LogP contribution in [0.5, 0.6) is 0 Å². The van der Waals surface area contributed by atoms with E-state index in [1.807, 2.05) is 56.3 Å². The van der Waals surface area contributed by atoms with E-state index in [1.165, 1.54) is 0 Å². The van der Waals surface area contributed by atoms with Gasteiger partial charge in [0.1, 0.15) is 11.7 Å². The summed E-state index contributed by atoms with van der Waals surface area (Å²) in [5, 5.41) is 0. The molecule has 3 heteroatoms. The van der Waals surface area contributed by atoms with Crippen molar-refractivity contribution in [3.8, 4) is 0 Å². The van der Waals surface area contributed by atoms with Gasteiger partial charge in [-0.05, 0) is 11.6 Å². The number of ether oxygens (including phenoxy) is 1. The molecule has 3 rings (SSSR count). The van der Waals surface area contributed by atoms with Crippen molar-refractivity contribution in [2.24, 2.45) is 11.3 Å². The summed E-state index contributed by atoms with van der Waals surface area (Å²) in [7, 11) is 0. The first-order valence-corrected chi connectivity index (χ1v) is 7.58. The number of hydrogen-bond acceptors (Lipinski definition) is 3. The standard InChI is InChI=1S/C20H18O3/c1-20(2)16(13-14-9-5-3-6-10-14)23-19(22)17(20)18(21)15-11-7-4-8-12-15/h3-13,17H,1-2H3/b16-13-. The summed E-state index contributed by atoms with van der Waals surface area (Å²) in [6, 6.07) is 18.5. The molecule has 1 unspecified atom stereocenters. The van der Waals surface area contributed by atoms with Crippen LogP contribution in [0.4, 0.5) is 0 Å². The van der Waals surface area contributed by atoms with E-state index in [2.05, 4.69) is 0 Å². The van der Waals surface area contributed by atoms with Gasteiger partial charge in [-0.3, -0.25) is 9.59 Å². The van der Waals surface area contributed by atoms with Crippen molar-refractivity contribution >= 4 is 17.8 Å². The van der Waals surface area contributed by atoms with Crippen LogP contribution in [0.3, 0.4) is 0 Å². The molecule has 3 nitrogen and oxygen atoms in total. The number of hydrogen-bond donors (Lipinski definition) is 0. The van der Waals surface area contributed by atoms with Crippen LogP contribution in [0.1, 0.15) is 29.8 Å². The van der Waals surface area contributed by atoms with Gasteiger partial charge >= 0.3 is 5.97 Å². The number of ketones is 1. The smallest absolute Gasteiger partial charge is 0.322 e. The molecule has 2 aromatic rings. The van der Waals surface area contributed by atoms with Crippen LogP contribution in [0.2, 0.25) is 0 Å². The maximum atomic E-state index is 12.7. The van der Waals surface area contributed by atoms with Crippen molar-refractivity contribution < 1.29 is 14.3 Å². The molecule has 0 amide bonds. The maximum Gasteiger partial charge on any atom is 0.322 e. The predicted octanol–water partition coefficient (Wildman–Crippen LogP) is 4.11. The van der Waals surface area contributed by atoms with Crippen LogP contribution >= 0.6 is 0 Å². The van der Waals surface area contributed by atoms with Crippen molar-refractivity contribution in [2.45, 2.75) is 13.8 Å². The number of allylic oxidation sites excluding steroid dienone is 1. The summed E-state index contributed by atoms with van der Waals surface area (Å²) < 4.78 is 5.44. The van der Waals surface area contributed by atoms with Crippen LogP contribution in [0, 0.1) is 11.3 Å². The van der Waals surface area contributed by atoms with Crippen LogP contribution in [-0.4, -0.2) is 11.8 Å². The molecule has 1 fully saturated rings. The number of Topliss-reactive ketones (excluding diaryl/α,β-unsaturated/α-hetero) is 1. The average Bonchev–Trinajstić information content (AvgIpc) is 2.77. The van der Waals surface area contributed by atoms with Gasteiger partial charge in [-0.15, -0.1) is 0 Å². The fourth-order valence-electron chi connectivity index (χ4n) is 2.86. The minimum Gasteiger partial charge on any atom is -0.430 e. The Labute approximate surface area is 135 Å². The van der Waals surface area contributed by atoms with Crippen LogP contribution in [-0.2, 0) is 9.53 Å². The Morgan fingerprint density at radius 3 is 2.17 bits per heavy atom. The van der Waals surface area contributed by atoms with E-state index < -0.39 is 17.3 Å². The third-order valence-corrected chi connectivity index (χ3v) is 4.22. The molecule has 0 radical (unpaired) electrons. The molecule has 23 heavy (non-hydrogen) atoms. The van der Waals surface area contributed by atoms with E-state index in [4.69, 9.17) is 4.74 Å². The Hall–Kier alpha value is -2.68. The van der Waals surface area contributed by atoms with Crippen LogP contribution in [0.25, 0.3) is 6.08 Å². The minimum absolute atomic E-state index is 0.197. The summed E-state index contributed by atoms with van der Waals surface area (Å²) in [5.41, 5.74) is 0.791. The van der Waals surface area contributed by atoms with E-state index in [9.17, 15) is 9.59 Å². The fourth-order valence-corrected chi connectivity index (χ4v) is 2.86. The lowest BCUT2D eigenvalue weighted by Gasteiger charge is -2.22. The van der Waals surface area contributed by atoms with Gasteiger partial charge in [0, 0.05) is 11.0 Å². The average molecular weight is 306 g/mol. The largest absolute Gasteiger partial charge is 0.430 e. The van der Waals surface area contributed by atoms with E-state index in [-0.39, 0.29) is 5.78 Å². The molecule has 0 N–H and O–H groups in total. The molecule has 0 aromatic heterocycles. The highest BCUT2D eigenvalue weighted by atomic mass is 16.5. The number of esters is 1. The zero-order valence-corrected chi connectivity index (χ0v) is 13.2. The Bertz CT molecular complexity index is 758. The lowest BCUT2D eigenvalue weighted by molar-refractivity contribution is -0.137. The highest BCUT2D eigenvalue weighted by molar-refractivity contribution is 6.11. The molecule has 1 atom stereocenters. The van der Waals surface area contributed by atoms with Crippen molar-refractivity contribution in [3.05, 3.63) is 77.5 Å². The maximum absolute atomic E-state index is 12.7. The highest BCUT2D eigenvalue weighted by Crippen LogP contribution is 2.45. The van der Waals surface area contributed by atoms with Gasteiger partial charge in [-0.25, -0.2) is 0 Å². The highest BCUT2D eigenvalue weighted by Gasteiger charge is 2.51. The molecular formula is C20H18O3. The zero-order valence-electron chi connectivity index (χ0n) is 13.2. The van der Waals surface area contributed by atoms with Crippen molar-refractivity contribution in [1.29, 1.82) is 0 Å². The molecule has 1 heterocycles. The summed E-state index contributed by atoms with van der Waals surface area (Å²) >= 11 is 0. The van der Waals surface area contributed by atoms with Gasteiger partial charge in [0.05, 0.1) is 0 Å². The fraction of sp³-hybridized carbons (Fsp3) is 0.200. The Kier molecular flexibility index (Phi) is 3.87.